The van der Waals surface area contributed by atoms with Crippen LogP contribution in [0, 0.1) is 6.92 Å². The van der Waals surface area contributed by atoms with E-state index in [1.165, 1.54) is 0 Å². The van der Waals surface area contributed by atoms with Crippen LogP contribution in [0.5, 0.6) is 0 Å². The fourth-order valence-electron chi connectivity index (χ4n) is 3.54. The Bertz CT molecular complexity index is 1340. The van der Waals surface area contributed by atoms with Gasteiger partial charge in [0.25, 0.3) is 0 Å². The molecule has 0 spiro atoms. The van der Waals surface area contributed by atoms with Gasteiger partial charge in [-0.05, 0) is 42.3 Å². The number of para-hydroxylation sites is 2. The maximum atomic E-state index is 6.61. The third kappa shape index (κ3) is 3.80. The van der Waals surface area contributed by atoms with Gasteiger partial charge in [-0.2, -0.15) is 5.10 Å². The summed E-state index contributed by atoms with van der Waals surface area (Å²) in [7, 11) is 0. The number of benzene rings is 3. The summed E-state index contributed by atoms with van der Waals surface area (Å²) in [5.41, 5.74) is 13.3. The van der Waals surface area contributed by atoms with E-state index >= 15 is 0 Å². The molecule has 5 nitrogen and oxygen atoms in total. The van der Waals surface area contributed by atoms with Crippen molar-refractivity contribution >= 4 is 40.2 Å². The summed E-state index contributed by atoms with van der Waals surface area (Å²) >= 11 is 7.97. The minimum Gasteiger partial charge on any atom is -0.383 e. The van der Waals surface area contributed by atoms with Crippen molar-refractivity contribution in [2.24, 2.45) is 0 Å². The molecular formula is C24H20ClN5S. The van der Waals surface area contributed by atoms with Gasteiger partial charge in [-0.1, -0.05) is 71.9 Å². The fraction of sp³-hybridized carbons (Fsp3) is 0.0833. The van der Waals surface area contributed by atoms with Gasteiger partial charge in [-0.3, -0.25) is 0 Å². The first-order chi connectivity index (χ1) is 15.1. The second kappa shape index (κ2) is 8.13. The predicted molar refractivity (Wildman–Crippen MR) is 129 cm³/mol. The molecule has 3 N–H and O–H groups in total. The number of aromatic amines is 1. The van der Waals surface area contributed by atoms with Crippen LogP contribution in [0.1, 0.15) is 11.3 Å². The predicted octanol–water partition coefficient (Wildman–Crippen LogP) is 6.25. The molecule has 5 rings (SSSR count). The van der Waals surface area contributed by atoms with Crippen LogP contribution in [0.15, 0.2) is 78.0 Å². The Morgan fingerprint density at radius 3 is 2.58 bits per heavy atom. The van der Waals surface area contributed by atoms with E-state index in [2.05, 4.69) is 22.1 Å². The fourth-order valence-corrected chi connectivity index (χ4v) is 4.54. The molecule has 0 bridgehead atoms. The number of imidazole rings is 1. The number of fused-ring (bicyclic) bond motifs is 1. The first-order valence-electron chi connectivity index (χ1n) is 9.87. The van der Waals surface area contributed by atoms with Crippen molar-refractivity contribution < 1.29 is 0 Å². The molecule has 5 aromatic rings. The monoisotopic (exact) mass is 445 g/mol. The molecule has 2 aromatic heterocycles. The molecule has 0 aliphatic rings. The number of rotatable bonds is 5. The lowest BCUT2D eigenvalue weighted by Crippen LogP contribution is -2.02. The summed E-state index contributed by atoms with van der Waals surface area (Å²) in [6.45, 7) is 1.98. The number of hydrogen-bond acceptors (Lipinski definition) is 4. The molecule has 0 radical (unpaired) electrons. The van der Waals surface area contributed by atoms with Crippen molar-refractivity contribution in [3.8, 4) is 16.8 Å². The smallest absolute Gasteiger partial charge is 0.166 e. The van der Waals surface area contributed by atoms with Gasteiger partial charge in [0.1, 0.15) is 5.82 Å². The van der Waals surface area contributed by atoms with Gasteiger partial charge in [-0.15, -0.1) is 0 Å². The second-order valence-corrected chi connectivity index (χ2v) is 8.64. The standard InChI is InChI=1S/C24H20ClN5S/c1-15-11-12-17(13-18(15)25)30-23(26)22(16-7-3-2-4-8-16)21(29-30)14-31-24-27-19-9-5-6-10-20(19)28-24/h2-13H,14,26H2,1H3,(H,27,28). The minimum absolute atomic E-state index is 0.589. The molecule has 0 saturated carbocycles. The van der Waals surface area contributed by atoms with Crippen LogP contribution in [0.4, 0.5) is 5.82 Å². The first kappa shape index (κ1) is 19.7. The van der Waals surface area contributed by atoms with E-state index in [4.69, 9.17) is 22.4 Å². The van der Waals surface area contributed by atoms with E-state index in [1.807, 2.05) is 67.6 Å². The summed E-state index contributed by atoms with van der Waals surface area (Å²) in [4.78, 5) is 8.02. The highest BCUT2D eigenvalue weighted by Crippen LogP contribution is 2.35. The molecule has 0 aliphatic carbocycles. The third-order valence-electron chi connectivity index (χ3n) is 5.17. The summed E-state index contributed by atoms with van der Waals surface area (Å²) in [6.07, 6.45) is 0. The lowest BCUT2D eigenvalue weighted by atomic mass is 10.1. The number of hydrogen-bond donors (Lipinski definition) is 2. The van der Waals surface area contributed by atoms with Gasteiger partial charge in [0.15, 0.2) is 5.16 Å². The van der Waals surface area contributed by atoms with Crippen LogP contribution in [-0.4, -0.2) is 19.7 Å². The van der Waals surface area contributed by atoms with Crippen LogP contribution in [0.2, 0.25) is 5.02 Å². The normalized spacial score (nSPS) is 11.3. The van der Waals surface area contributed by atoms with E-state index in [0.717, 1.165) is 44.3 Å². The van der Waals surface area contributed by atoms with Gasteiger partial charge in [0.2, 0.25) is 0 Å². The Morgan fingerprint density at radius 2 is 1.81 bits per heavy atom. The first-order valence-corrected chi connectivity index (χ1v) is 11.2. The molecule has 154 valence electrons. The number of aryl methyl sites for hydroxylation is 1. The largest absolute Gasteiger partial charge is 0.383 e. The zero-order valence-electron chi connectivity index (χ0n) is 16.8. The van der Waals surface area contributed by atoms with Crippen molar-refractivity contribution in [1.29, 1.82) is 0 Å². The van der Waals surface area contributed by atoms with Gasteiger partial charge in [0.05, 0.1) is 22.4 Å². The Kier molecular flexibility index (Phi) is 5.18. The number of nitrogens with zero attached hydrogens (tertiary/aromatic N) is 3. The number of nitrogens with one attached hydrogen (secondary N) is 1. The minimum atomic E-state index is 0.589. The molecule has 0 fully saturated rings. The van der Waals surface area contributed by atoms with Gasteiger partial charge in [0, 0.05) is 16.3 Å². The molecule has 0 aliphatic heterocycles. The van der Waals surface area contributed by atoms with Crippen LogP contribution in [-0.2, 0) is 5.75 Å². The SMILES string of the molecule is Cc1ccc(-n2nc(CSc3nc4ccccc4[nH]3)c(-c3ccccc3)c2N)cc1Cl. The number of thioether (sulfide) groups is 1. The molecule has 0 saturated heterocycles. The highest BCUT2D eigenvalue weighted by Gasteiger charge is 2.19. The number of H-pyrrole nitrogens is 1. The third-order valence-corrected chi connectivity index (χ3v) is 6.46. The number of nitrogens with two attached hydrogens (primary N) is 1. The van der Waals surface area contributed by atoms with Gasteiger partial charge >= 0.3 is 0 Å². The zero-order chi connectivity index (χ0) is 21.4. The average molecular weight is 446 g/mol. The highest BCUT2D eigenvalue weighted by molar-refractivity contribution is 7.98. The highest BCUT2D eigenvalue weighted by atomic mass is 35.5. The van der Waals surface area contributed by atoms with Crippen molar-refractivity contribution in [1.82, 2.24) is 19.7 Å². The molecule has 3 aromatic carbocycles. The lowest BCUT2D eigenvalue weighted by Gasteiger charge is -2.07. The quantitative estimate of drug-likeness (QED) is 0.313. The molecule has 0 unspecified atom stereocenters. The van der Waals surface area contributed by atoms with Crippen LogP contribution >= 0.6 is 23.4 Å². The summed E-state index contributed by atoms with van der Waals surface area (Å²) < 4.78 is 1.77. The van der Waals surface area contributed by atoms with Crippen molar-refractivity contribution in [3.05, 3.63) is 89.1 Å². The summed E-state index contributed by atoms with van der Waals surface area (Å²) in [5.74, 6) is 1.22. The van der Waals surface area contributed by atoms with Gasteiger partial charge < -0.3 is 10.7 Å². The maximum Gasteiger partial charge on any atom is 0.166 e. The number of anilines is 1. The summed E-state index contributed by atoms with van der Waals surface area (Å²) in [5, 5.41) is 6.41. The number of halogens is 1. The van der Waals surface area contributed by atoms with Crippen molar-refractivity contribution in [3.63, 3.8) is 0 Å². The average Bonchev–Trinajstić information content (AvgIpc) is 3.35. The second-order valence-electron chi connectivity index (χ2n) is 7.27. The van der Waals surface area contributed by atoms with Gasteiger partial charge in [-0.25, -0.2) is 9.67 Å². The number of aromatic nitrogens is 4. The maximum absolute atomic E-state index is 6.61. The van der Waals surface area contributed by atoms with Crippen molar-refractivity contribution in [2.45, 2.75) is 17.8 Å². The molecule has 0 amide bonds. The molecular weight excluding hydrogens is 426 g/mol. The number of nitrogen functional groups attached to an aromatic ring is 1. The zero-order valence-corrected chi connectivity index (χ0v) is 18.4. The molecule has 31 heavy (non-hydrogen) atoms. The Hall–Kier alpha value is -3.22. The molecule has 2 heterocycles. The molecule has 0 atom stereocenters. The van der Waals surface area contributed by atoms with E-state index in [1.54, 1.807) is 16.4 Å². The van der Waals surface area contributed by atoms with Crippen LogP contribution < -0.4 is 5.73 Å². The molecule has 7 heteroatoms. The Labute approximate surface area is 189 Å². The topological polar surface area (TPSA) is 72.5 Å². The lowest BCUT2D eigenvalue weighted by molar-refractivity contribution is 0.867. The Balaban J connectivity index is 1.55. The summed E-state index contributed by atoms with van der Waals surface area (Å²) in [6, 6.07) is 24.0. The van der Waals surface area contributed by atoms with Crippen molar-refractivity contribution in [2.75, 3.05) is 5.73 Å². The van der Waals surface area contributed by atoms with E-state index in [0.29, 0.717) is 16.6 Å². The van der Waals surface area contributed by atoms with E-state index in [9.17, 15) is 0 Å². The Morgan fingerprint density at radius 1 is 1.03 bits per heavy atom. The van der Waals surface area contributed by atoms with E-state index < -0.39 is 0 Å². The van der Waals surface area contributed by atoms with Crippen LogP contribution in [0.3, 0.4) is 0 Å². The van der Waals surface area contributed by atoms with Crippen LogP contribution in [0.25, 0.3) is 27.8 Å². The van der Waals surface area contributed by atoms with E-state index in [-0.39, 0.29) is 0 Å².